The number of hydrogen-bond acceptors (Lipinski definition) is 3. The maximum Gasteiger partial charge on any atom is 0.0589 e. The number of rotatable bonds is 8. The molecule has 3 nitrogen and oxygen atoms in total. The molecule has 0 radical (unpaired) electrons. The Morgan fingerprint density at radius 3 is 2.67 bits per heavy atom. The van der Waals surface area contributed by atoms with Crippen molar-refractivity contribution in [3.05, 3.63) is 0 Å². The summed E-state index contributed by atoms with van der Waals surface area (Å²) in [6.07, 6.45) is 5.50. The van der Waals surface area contributed by atoms with E-state index in [1.165, 1.54) is 32.2 Å². The molecule has 3 atom stereocenters. The summed E-state index contributed by atoms with van der Waals surface area (Å²) in [4.78, 5) is 2.43. The van der Waals surface area contributed by atoms with Crippen LogP contribution >= 0.6 is 0 Å². The summed E-state index contributed by atoms with van der Waals surface area (Å²) in [5, 5.41) is 3.68. The van der Waals surface area contributed by atoms with Crippen LogP contribution in [0.5, 0.6) is 0 Å². The third-order valence-electron chi connectivity index (χ3n) is 4.36. The molecule has 0 amide bonds. The van der Waals surface area contributed by atoms with Crippen LogP contribution in [0.1, 0.15) is 39.5 Å². The van der Waals surface area contributed by atoms with Crippen LogP contribution in [-0.2, 0) is 4.74 Å². The maximum atomic E-state index is 5.16. The lowest BCUT2D eigenvalue weighted by atomic mass is 9.76. The molecule has 1 saturated carbocycles. The minimum absolute atomic E-state index is 0.725. The summed E-state index contributed by atoms with van der Waals surface area (Å²) >= 11 is 0. The van der Waals surface area contributed by atoms with E-state index in [2.05, 4.69) is 31.1 Å². The molecule has 3 unspecified atom stereocenters. The van der Waals surface area contributed by atoms with Gasteiger partial charge in [-0.2, -0.15) is 0 Å². The van der Waals surface area contributed by atoms with Gasteiger partial charge in [0, 0.05) is 26.2 Å². The van der Waals surface area contributed by atoms with Gasteiger partial charge in [0.1, 0.15) is 0 Å². The zero-order chi connectivity index (χ0) is 13.4. The Morgan fingerprint density at radius 2 is 2.06 bits per heavy atom. The predicted octanol–water partition coefficient (Wildman–Crippen LogP) is 2.37. The van der Waals surface area contributed by atoms with E-state index in [0.717, 1.165) is 37.6 Å². The highest BCUT2D eigenvalue weighted by Crippen LogP contribution is 2.31. The molecular weight excluding hydrogens is 224 g/mol. The molecular formula is C15H32N2O. The highest BCUT2D eigenvalue weighted by Gasteiger charge is 2.29. The minimum Gasteiger partial charge on any atom is -0.383 e. The Hall–Kier alpha value is -0.120. The van der Waals surface area contributed by atoms with E-state index in [1.54, 1.807) is 7.11 Å². The first-order chi connectivity index (χ1) is 8.71. The Morgan fingerprint density at radius 1 is 1.28 bits per heavy atom. The van der Waals surface area contributed by atoms with Gasteiger partial charge in [0.05, 0.1) is 6.61 Å². The summed E-state index contributed by atoms with van der Waals surface area (Å²) < 4.78 is 5.16. The monoisotopic (exact) mass is 256 g/mol. The highest BCUT2D eigenvalue weighted by molar-refractivity contribution is 4.85. The number of likely N-dealkylation sites (N-methyl/N-ethyl adjacent to an activating group) is 1. The standard InChI is InChI=1S/C15H32N2O/c1-5-13-7-8-15(16-6-2)14(11-13)12-17(3)9-10-18-4/h13-16H,5-12H2,1-4H3. The molecule has 108 valence electrons. The Balaban J connectivity index is 2.44. The van der Waals surface area contributed by atoms with Gasteiger partial charge in [0.25, 0.3) is 0 Å². The summed E-state index contributed by atoms with van der Waals surface area (Å²) in [6.45, 7) is 8.74. The van der Waals surface area contributed by atoms with Crippen LogP contribution in [0.3, 0.4) is 0 Å². The smallest absolute Gasteiger partial charge is 0.0589 e. The summed E-state index contributed by atoms with van der Waals surface area (Å²) in [6, 6.07) is 0.725. The van der Waals surface area contributed by atoms with Gasteiger partial charge < -0.3 is 15.0 Å². The maximum absolute atomic E-state index is 5.16. The van der Waals surface area contributed by atoms with Gasteiger partial charge in [-0.3, -0.25) is 0 Å². The van der Waals surface area contributed by atoms with Crippen LogP contribution in [0.2, 0.25) is 0 Å². The second-order valence-corrected chi connectivity index (χ2v) is 5.77. The van der Waals surface area contributed by atoms with Crippen molar-refractivity contribution in [2.45, 2.75) is 45.6 Å². The van der Waals surface area contributed by atoms with E-state index in [-0.39, 0.29) is 0 Å². The van der Waals surface area contributed by atoms with Gasteiger partial charge in [-0.05, 0) is 44.7 Å². The number of methoxy groups -OCH3 is 1. The van der Waals surface area contributed by atoms with E-state index in [9.17, 15) is 0 Å². The first-order valence-corrected chi connectivity index (χ1v) is 7.62. The van der Waals surface area contributed by atoms with Crippen molar-refractivity contribution in [2.24, 2.45) is 11.8 Å². The molecule has 1 fully saturated rings. The van der Waals surface area contributed by atoms with Gasteiger partial charge in [-0.1, -0.05) is 20.3 Å². The van der Waals surface area contributed by atoms with Crippen molar-refractivity contribution in [2.75, 3.05) is 40.4 Å². The summed E-state index contributed by atoms with van der Waals surface area (Å²) in [5.74, 6) is 1.76. The molecule has 1 rings (SSSR count). The van der Waals surface area contributed by atoms with Crippen LogP contribution in [0.25, 0.3) is 0 Å². The lowest BCUT2D eigenvalue weighted by Crippen LogP contribution is -2.45. The lowest BCUT2D eigenvalue weighted by Gasteiger charge is -2.38. The van der Waals surface area contributed by atoms with E-state index < -0.39 is 0 Å². The molecule has 0 heterocycles. The normalized spacial score (nSPS) is 28.8. The minimum atomic E-state index is 0.725. The second-order valence-electron chi connectivity index (χ2n) is 5.77. The van der Waals surface area contributed by atoms with Crippen molar-refractivity contribution < 1.29 is 4.74 Å². The Bertz CT molecular complexity index is 211. The molecule has 0 spiro atoms. The summed E-state index contributed by atoms with van der Waals surface area (Å²) in [5.41, 5.74) is 0. The van der Waals surface area contributed by atoms with E-state index in [1.807, 2.05) is 0 Å². The van der Waals surface area contributed by atoms with Crippen LogP contribution in [0, 0.1) is 11.8 Å². The van der Waals surface area contributed by atoms with Gasteiger partial charge in [0.15, 0.2) is 0 Å². The first-order valence-electron chi connectivity index (χ1n) is 7.62. The molecule has 0 saturated heterocycles. The van der Waals surface area contributed by atoms with E-state index in [4.69, 9.17) is 4.74 Å². The molecule has 0 aromatic rings. The van der Waals surface area contributed by atoms with Gasteiger partial charge >= 0.3 is 0 Å². The fourth-order valence-corrected chi connectivity index (χ4v) is 3.20. The van der Waals surface area contributed by atoms with Crippen LogP contribution < -0.4 is 5.32 Å². The average molecular weight is 256 g/mol. The topological polar surface area (TPSA) is 24.5 Å². The Kier molecular flexibility index (Phi) is 7.87. The van der Waals surface area contributed by atoms with Crippen molar-refractivity contribution in [3.63, 3.8) is 0 Å². The molecule has 1 aliphatic rings. The molecule has 1 aliphatic carbocycles. The van der Waals surface area contributed by atoms with E-state index in [0.29, 0.717) is 0 Å². The molecule has 0 bridgehead atoms. The molecule has 3 heteroatoms. The number of nitrogens with zero attached hydrogens (tertiary/aromatic N) is 1. The summed E-state index contributed by atoms with van der Waals surface area (Å²) in [7, 11) is 4.00. The quantitative estimate of drug-likeness (QED) is 0.721. The predicted molar refractivity (Wildman–Crippen MR) is 78.0 cm³/mol. The SMILES string of the molecule is CCNC1CCC(CC)CC1CN(C)CCOC. The highest BCUT2D eigenvalue weighted by atomic mass is 16.5. The molecule has 0 aromatic carbocycles. The third-order valence-corrected chi connectivity index (χ3v) is 4.36. The van der Waals surface area contributed by atoms with Crippen molar-refractivity contribution >= 4 is 0 Å². The van der Waals surface area contributed by atoms with Crippen molar-refractivity contribution in [1.82, 2.24) is 10.2 Å². The second kappa shape index (κ2) is 8.89. The zero-order valence-electron chi connectivity index (χ0n) is 12.7. The average Bonchev–Trinajstić information content (AvgIpc) is 2.38. The van der Waals surface area contributed by atoms with Crippen molar-refractivity contribution in [3.8, 4) is 0 Å². The third kappa shape index (κ3) is 5.25. The lowest BCUT2D eigenvalue weighted by molar-refractivity contribution is 0.121. The number of ether oxygens (including phenoxy) is 1. The fourth-order valence-electron chi connectivity index (χ4n) is 3.20. The van der Waals surface area contributed by atoms with Gasteiger partial charge in [-0.25, -0.2) is 0 Å². The van der Waals surface area contributed by atoms with Gasteiger partial charge in [-0.15, -0.1) is 0 Å². The molecule has 18 heavy (non-hydrogen) atoms. The molecule has 0 aromatic heterocycles. The largest absolute Gasteiger partial charge is 0.383 e. The van der Waals surface area contributed by atoms with Crippen molar-refractivity contribution in [1.29, 1.82) is 0 Å². The van der Waals surface area contributed by atoms with E-state index >= 15 is 0 Å². The van der Waals surface area contributed by atoms with Gasteiger partial charge in [0.2, 0.25) is 0 Å². The van der Waals surface area contributed by atoms with Crippen LogP contribution in [0.15, 0.2) is 0 Å². The number of hydrogen-bond donors (Lipinski definition) is 1. The molecule has 1 N–H and O–H groups in total. The Labute approximate surface area is 113 Å². The first kappa shape index (κ1) is 15.9. The number of nitrogens with one attached hydrogen (secondary N) is 1. The fraction of sp³-hybridized carbons (Fsp3) is 1.00. The van der Waals surface area contributed by atoms with Crippen LogP contribution in [0.4, 0.5) is 0 Å². The van der Waals surface area contributed by atoms with Crippen LogP contribution in [-0.4, -0.2) is 51.3 Å². The molecule has 0 aliphatic heterocycles. The zero-order valence-corrected chi connectivity index (χ0v) is 12.7.